The number of piperidine rings is 1. The van der Waals surface area contributed by atoms with Crippen molar-refractivity contribution in [2.45, 2.75) is 46.8 Å². The van der Waals surface area contributed by atoms with Gasteiger partial charge < -0.3 is 14.2 Å². The average molecular weight is 569 g/mol. The van der Waals surface area contributed by atoms with E-state index in [2.05, 4.69) is 0 Å². The lowest BCUT2D eigenvalue weighted by atomic mass is 9.86. The molecule has 1 amide bonds. The van der Waals surface area contributed by atoms with Crippen LogP contribution in [-0.4, -0.2) is 41.0 Å². The number of benzene rings is 2. The van der Waals surface area contributed by atoms with Crippen LogP contribution >= 0.6 is 23.2 Å². The summed E-state index contributed by atoms with van der Waals surface area (Å²) in [5, 5.41) is 1.05. The van der Waals surface area contributed by atoms with E-state index in [-0.39, 0.29) is 40.8 Å². The van der Waals surface area contributed by atoms with Gasteiger partial charge in [-0.1, -0.05) is 30.1 Å². The van der Waals surface area contributed by atoms with Crippen molar-refractivity contribution in [2.75, 3.05) is 19.7 Å². The highest BCUT2D eigenvalue weighted by molar-refractivity contribution is 6.38. The third-order valence-corrected chi connectivity index (χ3v) is 8.00. The second kappa shape index (κ2) is 10.8. The molecule has 2 atom stereocenters. The largest absolute Gasteiger partial charge is 0.466 e. The molecule has 5 nitrogen and oxygen atoms in total. The predicted molar refractivity (Wildman–Crippen MR) is 142 cm³/mol. The second-order valence-electron chi connectivity index (χ2n) is 9.89. The topological polar surface area (TPSA) is 51.5 Å². The zero-order valence-corrected chi connectivity index (χ0v) is 23.1. The molecule has 10 heteroatoms. The molecule has 0 N–H and O–H groups in total. The smallest absolute Gasteiger partial charge is 0.416 e. The van der Waals surface area contributed by atoms with Crippen LogP contribution in [-0.2, 0) is 22.3 Å². The highest BCUT2D eigenvalue weighted by Gasteiger charge is 2.35. The van der Waals surface area contributed by atoms with Crippen molar-refractivity contribution < 1.29 is 27.5 Å². The standard InChI is InChI=1S/C28H29Cl2F3N2O3/c1-5-38-27(37)19-8-9-34(12-16(19)3)26(36)20-6-7-23(29)22(24(20)30)14-35-13-17(4)21-11-18(28(31,32)33)10-15(2)25(21)35/h6-7,10-11,13,16,19H,5,8-9,12,14H2,1-4H3. The number of hydrogen-bond donors (Lipinski definition) is 0. The molecule has 0 bridgehead atoms. The summed E-state index contributed by atoms with van der Waals surface area (Å²) in [6, 6.07) is 5.47. The van der Waals surface area contributed by atoms with Gasteiger partial charge in [-0.25, -0.2) is 0 Å². The first-order valence-corrected chi connectivity index (χ1v) is 13.2. The van der Waals surface area contributed by atoms with Gasteiger partial charge in [-0.05, 0) is 68.5 Å². The highest BCUT2D eigenvalue weighted by Crippen LogP contribution is 2.37. The molecule has 2 unspecified atom stereocenters. The summed E-state index contributed by atoms with van der Waals surface area (Å²) in [7, 11) is 0. The molecule has 0 spiro atoms. The monoisotopic (exact) mass is 568 g/mol. The summed E-state index contributed by atoms with van der Waals surface area (Å²) < 4.78 is 47.1. The van der Waals surface area contributed by atoms with E-state index in [1.54, 1.807) is 44.0 Å². The summed E-state index contributed by atoms with van der Waals surface area (Å²) in [5.41, 5.74) is 1.90. The Morgan fingerprint density at radius 2 is 1.84 bits per heavy atom. The summed E-state index contributed by atoms with van der Waals surface area (Å²) in [4.78, 5) is 27.4. The number of amides is 1. The van der Waals surface area contributed by atoms with Crippen LogP contribution in [0.25, 0.3) is 10.9 Å². The lowest BCUT2D eigenvalue weighted by Gasteiger charge is -2.36. The molecule has 1 aliphatic rings. The Kier molecular flexibility index (Phi) is 8.05. The van der Waals surface area contributed by atoms with Gasteiger partial charge in [-0.2, -0.15) is 13.2 Å². The molecule has 3 aromatic rings. The quantitative estimate of drug-likeness (QED) is 0.303. The lowest BCUT2D eigenvalue weighted by Crippen LogP contribution is -2.45. The van der Waals surface area contributed by atoms with Crippen molar-refractivity contribution >= 4 is 46.0 Å². The van der Waals surface area contributed by atoms with E-state index in [9.17, 15) is 22.8 Å². The maximum atomic E-state index is 13.5. The van der Waals surface area contributed by atoms with E-state index in [0.29, 0.717) is 58.7 Å². The van der Waals surface area contributed by atoms with E-state index < -0.39 is 11.7 Å². The number of esters is 1. The van der Waals surface area contributed by atoms with Crippen LogP contribution in [0.15, 0.2) is 30.5 Å². The van der Waals surface area contributed by atoms with Gasteiger partial charge in [0.2, 0.25) is 0 Å². The Labute approximate surface area is 229 Å². The molecule has 1 aromatic heterocycles. The van der Waals surface area contributed by atoms with Crippen LogP contribution < -0.4 is 0 Å². The minimum Gasteiger partial charge on any atom is -0.466 e. The van der Waals surface area contributed by atoms with Gasteiger partial charge in [0.15, 0.2) is 0 Å². The Balaban J connectivity index is 1.63. The minimum atomic E-state index is -4.45. The Morgan fingerprint density at radius 1 is 1.13 bits per heavy atom. The molecular weight excluding hydrogens is 540 g/mol. The third-order valence-electron chi connectivity index (χ3n) is 7.22. The molecular formula is C28H29Cl2F3N2O3. The first kappa shape index (κ1) is 28.3. The zero-order valence-electron chi connectivity index (χ0n) is 21.6. The second-order valence-corrected chi connectivity index (χ2v) is 10.7. The van der Waals surface area contributed by atoms with Crippen LogP contribution in [0.2, 0.25) is 10.0 Å². The average Bonchev–Trinajstić information content (AvgIpc) is 3.16. The first-order chi connectivity index (χ1) is 17.8. The van der Waals surface area contributed by atoms with E-state index in [1.165, 1.54) is 0 Å². The normalized spacial score (nSPS) is 18.2. The molecule has 1 saturated heterocycles. The van der Waals surface area contributed by atoms with Crippen molar-refractivity contribution in [3.8, 4) is 0 Å². The highest BCUT2D eigenvalue weighted by atomic mass is 35.5. The molecule has 2 aromatic carbocycles. The van der Waals surface area contributed by atoms with Gasteiger partial charge in [-0.15, -0.1) is 0 Å². The van der Waals surface area contributed by atoms with Gasteiger partial charge in [0, 0.05) is 35.3 Å². The Bertz CT molecular complexity index is 1400. The molecule has 0 aliphatic carbocycles. The van der Waals surface area contributed by atoms with Crippen LogP contribution in [0.1, 0.15) is 52.9 Å². The number of aromatic nitrogens is 1. The number of carbonyl (C=O) groups is 2. The number of nitrogens with zero attached hydrogens (tertiary/aromatic N) is 2. The van der Waals surface area contributed by atoms with Gasteiger partial charge in [0.25, 0.3) is 5.91 Å². The fourth-order valence-corrected chi connectivity index (χ4v) is 5.87. The van der Waals surface area contributed by atoms with Gasteiger partial charge >= 0.3 is 12.1 Å². The molecule has 1 aliphatic heterocycles. The first-order valence-electron chi connectivity index (χ1n) is 12.4. The van der Waals surface area contributed by atoms with Crippen LogP contribution in [0.5, 0.6) is 0 Å². The SMILES string of the molecule is CCOC(=O)C1CCN(C(=O)c2ccc(Cl)c(Cn3cc(C)c4cc(C(F)(F)F)cc(C)c43)c2Cl)CC1C. The lowest BCUT2D eigenvalue weighted by molar-refractivity contribution is -0.151. The van der Waals surface area contributed by atoms with Crippen molar-refractivity contribution in [2.24, 2.45) is 11.8 Å². The van der Waals surface area contributed by atoms with Crippen molar-refractivity contribution in [3.05, 3.63) is 68.3 Å². The van der Waals surface area contributed by atoms with Gasteiger partial charge in [0.05, 0.1) is 40.7 Å². The van der Waals surface area contributed by atoms with Crippen molar-refractivity contribution in [1.29, 1.82) is 0 Å². The minimum absolute atomic E-state index is 0.0731. The van der Waals surface area contributed by atoms with Crippen LogP contribution in [0.4, 0.5) is 13.2 Å². The van der Waals surface area contributed by atoms with E-state index in [0.717, 1.165) is 12.1 Å². The summed E-state index contributed by atoms with van der Waals surface area (Å²) in [5.74, 6) is -0.842. The van der Waals surface area contributed by atoms with Gasteiger partial charge in [-0.3, -0.25) is 9.59 Å². The number of fused-ring (bicyclic) bond motifs is 1. The summed E-state index contributed by atoms with van der Waals surface area (Å²) in [6.45, 7) is 8.34. The molecule has 0 saturated carbocycles. The zero-order chi connectivity index (χ0) is 27.9. The molecule has 38 heavy (non-hydrogen) atoms. The molecule has 1 fully saturated rings. The molecule has 2 heterocycles. The summed E-state index contributed by atoms with van der Waals surface area (Å²) >= 11 is 13.3. The van der Waals surface area contributed by atoms with E-state index >= 15 is 0 Å². The predicted octanol–water partition coefficient (Wildman–Crippen LogP) is 7.29. The Hall–Kier alpha value is -2.71. The number of alkyl halides is 3. The van der Waals surface area contributed by atoms with E-state index in [1.807, 2.05) is 11.5 Å². The molecule has 4 rings (SSSR count). The van der Waals surface area contributed by atoms with Crippen LogP contribution in [0.3, 0.4) is 0 Å². The van der Waals surface area contributed by atoms with E-state index in [4.69, 9.17) is 27.9 Å². The summed E-state index contributed by atoms with van der Waals surface area (Å²) in [6.07, 6.45) is -2.18. The number of halogens is 5. The number of ether oxygens (including phenoxy) is 1. The maximum absolute atomic E-state index is 13.5. The number of aryl methyl sites for hydroxylation is 2. The van der Waals surface area contributed by atoms with Crippen LogP contribution in [0, 0.1) is 25.7 Å². The van der Waals surface area contributed by atoms with Gasteiger partial charge in [0.1, 0.15) is 0 Å². The fourth-order valence-electron chi connectivity index (χ4n) is 5.30. The number of rotatable bonds is 5. The third kappa shape index (κ3) is 5.38. The number of carbonyl (C=O) groups excluding carboxylic acids is 2. The van der Waals surface area contributed by atoms with Crippen molar-refractivity contribution in [1.82, 2.24) is 9.47 Å². The molecule has 0 radical (unpaired) electrons. The number of hydrogen-bond acceptors (Lipinski definition) is 3. The molecule has 204 valence electrons. The van der Waals surface area contributed by atoms with Crippen molar-refractivity contribution in [3.63, 3.8) is 0 Å². The Morgan fingerprint density at radius 3 is 2.47 bits per heavy atom. The fraction of sp³-hybridized carbons (Fsp3) is 0.429. The number of likely N-dealkylation sites (tertiary alicyclic amines) is 1. The maximum Gasteiger partial charge on any atom is 0.416 e.